The first-order valence-electron chi connectivity index (χ1n) is 6.08. The van der Waals surface area contributed by atoms with Crippen molar-refractivity contribution in [2.75, 3.05) is 0 Å². The molecule has 1 saturated heterocycles. The Bertz CT molecular complexity index is 448. The Morgan fingerprint density at radius 3 is 2.37 bits per heavy atom. The number of aliphatic hydroxyl groups is 1. The van der Waals surface area contributed by atoms with Crippen LogP contribution < -0.4 is 0 Å². The molecule has 3 nitrogen and oxygen atoms in total. The third kappa shape index (κ3) is 2.78. The number of ether oxygens (including phenoxy) is 1. The van der Waals surface area contributed by atoms with Crippen LogP contribution in [0.5, 0.6) is 0 Å². The SMILES string of the molecule is CC1OC(C)C(C(O)c2cnc(C(F)(F)F)s2)C1C. The van der Waals surface area contributed by atoms with Gasteiger partial charge in [-0.15, -0.1) is 11.3 Å². The van der Waals surface area contributed by atoms with Gasteiger partial charge in [-0.05, 0) is 19.8 Å². The molecule has 2 heterocycles. The van der Waals surface area contributed by atoms with E-state index in [-0.39, 0.29) is 28.9 Å². The molecule has 0 amide bonds. The van der Waals surface area contributed by atoms with Gasteiger partial charge < -0.3 is 9.84 Å². The van der Waals surface area contributed by atoms with E-state index in [1.807, 2.05) is 20.8 Å². The number of aromatic nitrogens is 1. The van der Waals surface area contributed by atoms with E-state index in [1.54, 1.807) is 0 Å². The lowest BCUT2D eigenvalue weighted by molar-refractivity contribution is -0.137. The van der Waals surface area contributed by atoms with Gasteiger partial charge in [-0.25, -0.2) is 4.98 Å². The van der Waals surface area contributed by atoms with Crippen LogP contribution in [0, 0.1) is 11.8 Å². The van der Waals surface area contributed by atoms with Gasteiger partial charge in [-0.3, -0.25) is 0 Å². The Morgan fingerprint density at radius 1 is 1.32 bits per heavy atom. The van der Waals surface area contributed by atoms with Crippen molar-refractivity contribution in [1.29, 1.82) is 0 Å². The molecule has 1 aliphatic rings. The fourth-order valence-corrected chi connectivity index (χ4v) is 3.41. The molecule has 0 saturated carbocycles. The number of hydrogen-bond donors (Lipinski definition) is 1. The Balaban J connectivity index is 2.20. The zero-order valence-electron chi connectivity index (χ0n) is 10.8. The van der Waals surface area contributed by atoms with Gasteiger partial charge in [0.25, 0.3) is 0 Å². The molecule has 108 valence electrons. The molecule has 0 spiro atoms. The van der Waals surface area contributed by atoms with Gasteiger partial charge in [-0.1, -0.05) is 6.92 Å². The van der Waals surface area contributed by atoms with Crippen LogP contribution in [0.25, 0.3) is 0 Å². The molecule has 7 heteroatoms. The molecule has 0 bridgehead atoms. The molecule has 0 aliphatic carbocycles. The minimum absolute atomic E-state index is 0.00958. The molecule has 0 radical (unpaired) electrons. The van der Waals surface area contributed by atoms with Crippen LogP contribution in [-0.2, 0) is 10.9 Å². The number of thiazole rings is 1. The summed E-state index contributed by atoms with van der Waals surface area (Å²) >= 11 is 0.498. The second-order valence-electron chi connectivity index (χ2n) is 4.99. The Hall–Kier alpha value is -0.660. The number of aliphatic hydroxyl groups excluding tert-OH is 1. The molecular weight excluding hydrogens is 279 g/mol. The van der Waals surface area contributed by atoms with E-state index in [4.69, 9.17) is 4.74 Å². The maximum atomic E-state index is 12.5. The van der Waals surface area contributed by atoms with Gasteiger partial charge in [-0.2, -0.15) is 13.2 Å². The average molecular weight is 295 g/mol. The van der Waals surface area contributed by atoms with Gasteiger partial charge in [0.2, 0.25) is 0 Å². The maximum absolute atomic E-state index is 12.5. The first-order valence-corrected chi connectivity index (χ1v) is 6.90. The van der Waals surface area contributed by atoms with E-state index >= 15 is 0 Å². The highest BCUT2D eigenvalue weighted by Gasteiger charge is 2.43. The highest BCUT2D eigenvalue weighted by Crippen LogP contribution is 2.43. The summed E-state index contributed by atoms with van der Waals surface area (Å²) in [4.78, 5) is 3.59. The number of hydrogen-bond acceptors (Lipinski definition) is 4. The number of rotatable bonds is 2. The third-order valence-corrected chi connectivity index (χ3v) is 4.85. The molecule has 1 aliphatic heterocycles. The molecule has 0 aromatic carbocycles. The summed E-state index contributed by atoms with van der Waals surface area (Å²) in [5.41, 5.74) is 0. The van der Waals surface area contributed by atoms with Crippen LogP contribution >= 0.6 is 11.3 Å². The topological polar surface area (TPSA) is 42.4 Å². The number of nitrogens with zero attached hydrogens (tertiary/aromatic N) is 1. The fraction of sp³-hybridized carbons (Fsp3) is 0.750. The second-order valence-corrected chi connectivity index (χ2v) is 6.06. The van der Waals surface area contributed by atoms with Crippen molar-refractivity contribution < 1.29 is 23.0 Å². The first-order chi connectivity index (χ1) is 8.71. The van der Waals surface area contributed by atoms with Crippen molar-refractivity contribution in [2.24, 2.45) is 11.8 Å². The molecule has 1 aromatic rings. The minimum atomic E-state index is -4.46. The monoisotopic (exact) mass is 295 g/mol. The predicted octanol–water partition coefficient (Wildman–Crippen LogP) is 3.25. The predicted molar refractivity (Wildman–Crippen MR) is 64.7 cm³/mol. The summed E-state index contributed by atoms with van der Waals surface area (Å²) in [6.45, 7) is 5.68. The van der Waals surface area contributed by atoms with Crippen molar-refractivity contribution in [3.63, 3.8) is 0 Å². The third-order valence-electron chi connectivity index (χ3n) is 3.74. The van der Waals surface area contributed by atoms with Crippen molar-refractivity contribution in [3.05, 3.63) is 16.1 Å². The number of alkyl halides is 3. The highest BCUT2D eigenvalue weighted by atomic mass is 32.1. The van der Waals surface area contributed by atoms with Gasteiger partial charge in [0.1, 0.15) is 0 Å². The first kappa shape index (κ1) is 14.7. The van der Waals surface area contributed by atoms with Crippen LogP contribution in [-0.4, -0.2) is 22.3 Å². The van der Waals surface area contributed by atoms with Crippen LogP contribution in [0.15, 0.2) is 6.20 Å². The van der Waals surface area contributed by atoms with E-state index in [0.717, 1.165) is 6.20 Å². The fourth-order valence-electron chi connectivity index (χ4n) is 2.58. The molecule has 2 rings (SSSR count). The molecule has 1 aromatic heterocycles. The quantitative estimate of drug-likeness (QED) is 0.910. The van der Waals surface area contributed by atoms with Crippen molar-refractivity contribution in [2.45, 2.75) is 45.3 Å². The largest absolute Gasteiger partial charge is 0.443 e. The van der Waals surface area contributed by atoms with Crippen molar-refractivity contribution in [1.82, 2.24) is 4.98 Å². The summed E-state index contributed by atoms with van der Waals surface area (Å²) in [6.07, 6.45) is -4.51. The van der Waals surface area contributed by atoms with E-state index in [1.165, 1.54) is 0 Å². The molecular formula is C12H16F3NO2S. The molecule has 5 unspecified atom stereocenters. The van der Waals surface area contributed by atoms with Crippen molar-refractivity contribution in [3.8, 4) is 0 Å². The normalized spacial score (nSPS) is 33.6. The van der Waals surface area contributed by atoms with Gasteiger partial charge in [0.15, 0.2) is 5.01 Å². The second kappa shape index (κ2) is 5.03. The summed E-state index contributed by atoms with van der Waals surface area (Å²) in [5.74, 6) is -0.127. The minimum Gasteiger partial charge on any atom is -0.387 e. The Kier molecular flexibility index (Phi) is 3.90. The lowest BCUT2D eigenvalue weighted by Gasteiger charge is -2.23. The van der Waals surface area contributed by atoms with Crippen LogP contribution in [0.1, 0.15) is 36.8 Å². The lowest BCUT2D eigenvalue weighted by Crippen LogP contribution is -2.24. The molecule has 19 heavy (non-hydrogen) atoms. The average Bonchev–Trinajstić information content (AvgIpc) is 2.84. The summed E-state index contributed by atoms with van der Waals surface area (Å²) in [5, 5.41) is 9.36. The van der Waals surface area contributed by atoms with Gasteiger partial charge in [0, 0.05) is 12.1 Å². The molecule has 5 atom stereocenters. The van der Waals surface area contributed by atoms with Crippen LogP contribution in [0.4, 0.5) is 13.2 Å². The van der Waals surface area contributed by atoms with Crippen LogP contribution in [0.2, 0.25) is 0 Å². The van der Waals surface area contributed by atoms with Crippen molar-refractivity contribution >= 4 is 11.3 Å². The van der Waals surface area contributed by atoms with E-state index in [2.05, 4.69) is 4.98 Å². The summed E-state index contributed by atoms with van der Waals surface area (Å²) in [7, 11) is 0. The Morgan fingerprint density at radius 2 is 1.95 bits per heavy atom. The van der Waals surface area contributed by atoms with E-state index in [9.17, 15) is 18.3 Å². The zero-order valence-corrected chi connectivity index (χ0v) is 11.6. The standard InChI is InChI=1S/C12H16F3NO2S/c1-5-6(2)18-7(3)9(5)10(17)8-4-16-11(19-8)12(13,14)15/h4-7,9-10,17H,1-3H3. The van der Waals surface area contributed by atoms with E-state index in [0.29, 0.717) is 11.3 Å². The maximum Gasteiger partial charge on any atom is 0.443 e. The van der Waals surface area contributed by atoms with Gasteiger partial charge >= 0.3 is 6.18 Å². The van der Waals surface area contributed by atoms with Crippen LogP contribution in [0.3, 0.4) is 0 Å². The smallest absolute Gasteiger partial charge is 0.387 e. The molecule has 1 fully saturated rings. The van der Waals surface area contributed by atoms with E-state index < -0.39 is 17.3 Å². The zero-order chi connectivity index (χ0) is 14.4. The highest BCUT2D eigenvalue weighted by molar-refractivity contribution is 7.11. The lowest BCUT2D eigenvalue weighted by atomic mass is 9.84. The van der Waals surface area contributed by atoms with Gasteiger partial charge in [0.05, 0.1) is 23.2 Å². The number of halogens is 3. The summed E-state index contributed by atoms with van der Waals surface area (Å²) in [6, 6.07) is 0. The Labute approximate surface area is 113 Å². The molecule has 1 N–H and O–H groups in total. The summed E-state index contributed by atoms with van der Waals surface area (Å²) < 4.78 is 43.1.